The van der Waals surface area contributed by atoms with Crippen LogP contribution in [0, 0.1) is 0 Å². The molecule has 0 amide bonds. The summed E-state index contributed by atoms with van der Waals surface area (Å²) < 4.78 is 0. The van der Waals surface area contributed by atoms with E-state index in [1.54, 1.807) is 0 Å². The van der Waals surface area contributed by atoms with Crippen molar-refractivity contribution in [3.05, 3.63) is 175 Å². The van der Waals surface area contributed by atoms with Crippen LogP contribution in [0.4, 0.5) is 0 Å². The van der Waals surface area contributed by atoms with Gasteiger partial charge in [-0.1, -0.05) is 152 Å². The molecule has 236 valence electrons. The summed E-state index contributed by atoms with van der Waals surface area (Å²) >= 11 is 0. The first kappa shape index (κ1) is 29.7. The number of fused-ring (bicyclic) bond motifs is 2. The minimum Gasteiger partial charge on any atom is -0.292 e. The van der Waals surface area contributed by atoms with Crippen molar-refractivity contribution in [3.63, 3.8) is 0 Å². The lowest BCUT2D eigenvalue weighted by molar-refractivity contribution is 1.01. The predicted molar refractivity (Wildman–Crippen MR) is 210 cm³/mol. The zero-order chi connectivity index (χ0) is 33.3. The lowest BCUT2D eigenvalue weighted by Gasteiger charge is -2.13. The summed E-state index contributed by atoms with van der Waals surface area (Å²) in [5.41, 5.74) is 11.9. The number of hydrogen-bond acceptors (Lipinski definition) is 3. The summed E-state index contributed by atoms with van der Waals surface area (Å²) in [6.45, 7) is 0.860. The number of nitrogens with zero attached hydrogens (tertiary/aromatic N) is 3. The van der Waals surface area contributed by atoms with Crippen molar-refractivity contribution in [3.8, 4) is 56.2 Å². The van der Waals surface area contributed by atoms with E-state index in [-0.39, 0.29) is 0 Å². The predicted octanol–water partition coefficient (Wildman–Crippen LogP) is 12.0. The van der Waals surface area contributed by atoms with Gasteiger partial charge in [-0.05, 0) is 79.6 Å². The Bertz CT molecular complexity index is 2570. The highest BCUT2D eigenvalue weighted by molar-refractivity contribution is 6.10. The Hall–Kier alpha value is -6.45. The first-order valence-electron chi connectivity index (χ1n) is 17.1. The smallest absolute Gasteiger partial charge is 0.160 e. The molecule has 0 bridgehead atoms. The second-order valence-electron chi connectivity index (χ2n) is 12.8. The summed E-state index contributed by atoms with van der Waals surface area (Å²) in [7, 11) is 0. The fourth-order valence-corrected chi connectivity index (χ4v) is 6.91. The van der Waals surface area contributed by atoms with Crippen molar-refractivity contribution in [2.75, 3.05) is 6.54 Å². The topological polar surface area (TPSA) is 38.1 Å². The average molecular weight is 640 g/mol. The fourth-order valence-electron chi connectivity index (χ4n) is 6.91. The van der Waals surface area contributed by atoms with E-state index in [1.807, 2.05) is 6.21 Å². The molecule has 7 aromatic carbocycles. The molecule has 8 aromatic rings. The molecule has 0 saturated heterocycles. The molecule has 50 heavy (non-hydrogen) atoms. The van der Waals surface area contributed by atoms with E-state index < -0.39 is 0 Å². The van der Waals surface area contributed by atoms with Crippen molar-refractivity contribution in [1.82, 2.24) is 9.97 Å². The standard InChI is InChI=1S/C47H33N3/c1-2-10-38-28-39(26-21-32(38)8-1)33-19-24-37(25-20-33)47-49-45(36-22-17-34(18-23-36)42-14-7-27-48-31-42)30-46(50-47)41-13-5-12-40(29-41)44-16-6-11-35-9-3-4-15-43(35)44/h1-6,8-26,28-31H,7,27H2. The zero-order valence-corrected chi connectivity index (χ0v) is 27.5. The van der Waals surface area contributed by atoms with Crippen LogP contribution in [-0.2, 0) is 0 Å². The molecule has 3 heteroatoms. The van der Waals surface area contributed by atoms with Gasteiger partial charge in [0.2, 0.25) is 0 Å². The van der Waals surface area contributed by atoms with E-state index in [4.69, 9.17) is 9.97 Å². The molecular weight excluding hydrogens is 607 g/mol. The Labute approximate surface area is 292 Å². The van der Waals surface area contributed by atoms with Crippen LogP contribution in [0.3, 0.4) is 0 Å². The molecule has 0 N–H and O–H groups in total. The molecule has 1 aliphatic heterocycles. The monoisotopic (exact) mass is 639 g/mol. The van der Waals surface area contributed by atoms with E-state index in [0.29, 0.717) is 5.82 Å². The van der Waals surface area contributed by atoms with Crippen molar-refractivity contribution in [2.24, 2.45) is 4.99 Å². The minimum atomic E-state index is 0.698. The summed E-state index contributed by atoms with van der Waals surface area (Å²) in [5.74, 6) is 0.698. The molecular formula is C47H33N3. The van der Waals surface area contributed by atoms with Crippen molar-refractivity contribution in [2.45, 2.75) is 6.42 Å². The van der Waals surface area contributed by atoms with Crippen molar-refractivity contribution >= 4 is 33.3 Å². The maximum atomic E-state index is 5.19. The number of aliphatic imine (C=N–C) groups is 1. The first-order valence-corrected chi connectivity index (χ1v) is 17.1. The van der Waals surface area contributed by atoms with Gasteiger partial charge in [0.25, 0.3) is 0 Å². The quantitative estimate of drug-likeness (QED) is 0.182. The van der Waals surface area contributed by atoms with Gasteiger partial charge in [0, 0.05) is 29.4 Å². The highest BCUT2D eigenvalue weighted by Crippen LogP contribution is 2.34. The largest absolute Gasteiger partial charge is 0.292 e. The Kier molecular flexibility index (Phi) is 7.64. The summed E-state index contributed by atoms with van der Waals surface area (Å²) in [6, 6.07) is 58.2. The fraction of sp³-hybridized carbons (Fsp3) is 0.0426. The molecule has 0 radical (unpaired) electrons. The maximum absolute atomic E-state index is 5.19. The minimum absolute atomic E-state index is 0.698. The molecule has 0 saturated carbocycles. The highest BCUT2D eigenvalue weighted by Gasteiger charge is 2.14. The van der Waals surface area contributed by atoms with E-state index in [0.717, 1.165) is 52.2 Å². The summed E-state index contributed by atoms with van der Waals surface area (Å²) in [6.07, 6.45) is 5.21. The van der Waals surface area contributed by atoms with Crippen LogP contribution in [0.15, 0.2) is 175 Å². The lowest BCUT2D eigenvalue weighted by atomic mass is 9.96. The zero-order valence-electron chi connectivity index (χ0n) is 27.5. The average Bonchev–Trinajstić information content (AvgIpc) is 3.21. The normalized spacial score (nSPS) is 12.7. The van der Waals surface area contributed by atoms with E-state index in [2.05, 4.69) is 175 Å². The van der Waals surface area contributed by atoms with Gasteiger partial charge in [-0.2, -0.15) is 0 Å². The van der Waals surface area contributed by atoms with Crippen LogP contribution in [0.2, 0.25) is 0 Å². The van der Waals surface area contributed by atoms with Gasteiger partial charge in [0.05, 0.1) is 11.4 Å². The number of aromatic nitrogens is 2. The van der Waals surface area contributed by atoms with Gasteiger partial charge in [-0.15, -0.1) is 0 Å². The lowest BCUT2D eigenvalue weighted by Crippen LogP contribution is -1.97. The highest BCUT2D eigenvalue weighted by atomic mass is 14.9. The van der Waals surface area contributed by atoms with Gasteiger partial charge in [-0.25, -0.2) is 9.97 Å². The second-order valence-corrected chi connectivity index (χ2v) is 12.8. The molecule has 1 aliphatic rings. The van der Waals surface area contributed by atoms with Crippen LogP contribution in [-0.4, -0.2) is 22.7 Å². The van der Waals surface area contributed by atoms with Gasteiger partial charge in [-0.3, -0.25) is 4.99 Å². The molecule has 2 heterocycles. The van der Waals surface area contributed by atoms with Gasteiger partial charge in [0.15, 0.2) is 5.82 Å². The molecule has 0 aliphatic carbocycles. The van der Waals surface area contributed by atoms with Crippen LogP contribution in [0.1, 0.15) is 12.0 Å². The third-order valence-corrected chi connectivity index (χ3v) is 9.58. The molecule has 1 aromatic heterocycles. The van der Waals surface area contributed by atoms with Crippen LogP contribution < -0.4 is 0 Å². The molecule has 9 rings (SSSR count). The van der Waals surface area contributed by atoms with Crippen molar-refractivity contribution in [1.29, 1.82) is 0 Å². The Morgan fingerprint density at radius 3 is 1.86 bits per heavy atom. The van der Waals surface area contributed by atoms with E-state index >= 15 is 0 Å². The third-order valence-electron chi connectivity index (χ3n) is 9.58. The Morgan fingerprint density at radius 1 is 0.400 bits per heavy atom. The number of allylic oxidation sites excluding steroid dienone is 1. The Balaban J connectivity index is 1.13. The van der Waals surface area contributed by atoms with Crippen LogP contribution in [0.5, 0.6) is 0 Å². The maximum Gasteiger partial charge on any atom is 0.160 e. The van der Waals surface area contributed by atoms with Gasteiger partial charge in [0.1, 0.15) is 0 Å². The summed E-state index contributed by atoms with van der Waals surface area (Å²) in [4.78, 5) is 14.8. The number of dihydropyridines is 1. The number of rotatable bonds is 6. The van der Waals surface area contributed by atoms with E-state index in [9.17, 15) is 0 Å². The van der Waals surface area contributed by atoms with E-state index in [1.165, 1.54) is 43.8 Å². The van der Waals surface area contributed by atoms with Gasteiger partial charge >= 0.3 is 0 Å². The number of benzene rings is 7. The summed E-state index contributed by atoms with van der Waals surface area (Å²) in [5, 5.41) is 4.94. The molecule has 0 atom stereocenters. The second kappa shape index (κ2) is 12.9. The SMILES string of the molecule is C1=NCCC=C1c1ccc(-c2cc(-c3cccc(-c4cccc5ccccc45)c3)nc(-c3ccc(-c4ccc5ccccc5c4)cc3)n2)cc1. The van der Waals surface area contributed by atoms with Gasteiger partial charge < -0.3 is 0 Å². The Morgan fingerprint density at radius 2 is 1.04 bits per heavy atom. The van der Waals surface area contributed by atoms with Crippen molar-refractivity contribution < 1.29 is 0 Å². The third kappa shape index (κ3) is 5.80. The molecule has 0 spiro atoms. The van der Waals surface area contributed by atoms with Crippen LogP contribution in [0.25, 0.3) is 83.3 Å². The molecule has 0 unspecified atom stereocenters. The number of hydrogen-bond donors (Lipinski definition) is 0. The van der Waals surface area contributed by atoms with Crippen LogP contribution >= 0.6 is 0 Å². The molecule has 0 fully saturated rings. The first-order chi connectivity index (χ1) is 24.7. The molecule has 3 nitrogen and oxygen atoms in total.